The van der Waals surface area contributed by atoms with Crippen molar-refractivity contribution in [3.63, 3.8) is 0 Å². The van der Waals surface area contributed by atoms with Crippen molar-refractivity contribution >= 4 is 17.2 Å². The van der Waals surface area contributed by atoms with Gasteiger partial charge in [-0.3, -0.25) is 4.79 Å². The Hall–Kier alpha value is -2.44. The summed E-state index contributed by atoms with van der Waals surface area (Å²) in [5, 5.41) is 4.24. The first-order valence-electron chi connectivity index (χ1n) is 9.25. The van der Waals surface area contributed by atoms with Gasteiger partial charge in [-0.25, -0.2) is 4.98 Å². The van der Waals surface area contributed by atoms with Gasteiger partial charge in [0, 0.05) is 17.5 Å². The van der Waals surface area contributed by atoms with Crippen LogP contribution in [0.25, 0.3) is 11.3 Å². The zero-order chi connectivity index (χ0) is 18.3. The summed E-state index contributed by atoms with van der Waals surface area (Å²) < 4.78 is 8.51. The van der Waals surface area contributed by atoms with Crippen LogP contribution in [0.2, 0.25) is 0 Å². The lowest BCUT2D eigenvalue weighted by Gasteiger charge is -2.35. The maximum absolute atomic E-state index is 12.7. The van der Waals surface area contributed by atoms with E-state index in [0.717, 1.165) is 36.6 Å². The second-order valence-electron chi connectivity index (χ2n) is 7.36. The third kappa shape index (κ3) is 3.09. The van der Waals surface area contributed by atoms with Crippen LogP contribution in [0.15, 0.2) is 53.4 Å². The SMILES string of the molecule is O=C(Cc1ccccc1)N1CC[C@]2(C1)Cn1c(-c3ccsc3)cnc1CO2. The van der Waals surface area contributed by atoms with Crippen LogP contribution in [0.4, 0.5) is 0 Å². The normalized spacial score (nSPS) is 21.6. The summed E-state index contributed by atoms with van der Waals surface area (Å²) in [6.45, 7) is 2.66. The number of imidazole rings is 1. The van der Waals surface area contributed by atoms with Crippen molar-refractivity contribution in [3.8, 4) is 11.3 Å². The van der Waals surface area contributed by atoms with E-state index in [9.17, 15) is 4.79 Å². The molecule has 2 aliphatic heterocycles. The molecule has 0 radical (unpaired) electrons. The quantitative estimate of drug-likeness (QED) is 0.701. The number of hydrogen-bond acceptors (Lipinski definition) is 4. The molecule has 4 heterocycles. The molecule has 0 saturated carbocycles. The van der Waals surface area contributed by atoms with Gasteiger partial charge in [0.25, 0.3) is 0 Å². The molecule has 2 aliphatic rings. The Morgan fingerprint density at radius 1 is 1.22 bits per heavy atom. The fourth-order valence-electron chi connectivity index (χ4n) is 4.08. The van der Waals surface area contributed by atoms with Crippen molar-refractivity contribution in [1.29, 1.82) is 0 Å². The number of hydrogen-bond donors (Lipinski definition) is 0. The number of fused-ring (bicyclic) bond motifs is 1. The largest absolute Gasteiger partial charge is 0.363 e. The average Bonchev–Trinajstić information content (AvgIpc) is 3.42. The van der Waals surface area contributed by atoms with Gasteiger partial charge in [0.15, 0.2) is 0 Å². The Balaban J connectivity index is 1.33. The molecule has 1 amide bonds. The highest BCUT2D eigenvalue weighted by Gasteiger charge is 2.44. The summed E-state index contributed by atoms with van der Waals surface area (Å²) in [6, 6.07) is 12.1. The molecule has 5 nitrogen and oxygen atoms in total. The number of carbonyl (C=O) groups is 1. The summed E-state index contributed by atoms with van der Waals surface area (Å²) >= 11 is 1.69. The third-order valence-corrected chi connectivity index (χ3v) is 6.26. The lowest BCUT2D eigenvalue weighted by Crippen LogP contribution is -2.45. The standard InChI is InChI=1S/C21H21N3O2S/c25-20(10-16-4-2-1-3-5-16)23-8-7-21(14-23)15-24-18(17-6-9-27-13-17)11-22-19(24)12-26-21/h1-6,9,11,13H,7-8,10,12,14-15H2/t21-/m0/s1. The smallest absolute Gasteiger partial charge is 0.227 e. The zero-order valence-corrected chi connectivity index (χ0v) is 15.8. The predicted molar refractivity (Wildman–Crippen MR) is 104 cm³/mol. The highest BCUT2D eigenvalue weighted by Crippen LogP contribution is 2.35. The maximum Gasteiger partial charge on any atom is 0.227 e. The fourth-order valence-corrected chi connectivity index (χ4v) is 4.73. The molecule has 0 aliphatic carbocycles. The average molecular weight is 379 g/mol. The second-order valence-corrected chi connectivity index (χ2v) is 8.14. The molecule has 0 bridgehead atoms. The van der Waals surface area contributed by atoms with Crippen LogP contribution in [0.5, 0.6) is 0 Å². The molecule has 138 valence electrons. The summed E-state index contributed by atoms with van der Waals surface area (Å²) in [5.74, 6) is 1.15. The van der Waals surface area contributed by atoms with E-state index in [1.807, 2.05) is 41.4 Å². The third-order valence-electron chi connectivity index (χ3n) is 5.58. The zero-order valence-electron chi connectivity index (χ0n) is 15.0. The molecule has 0 unspecified atom stereocenters. The molecule has 0 N–H and O–H groups in total. The first kappa shape index (κ1) is 16.7. The molecule has 1 saturated heterocycles. The Bertz CT molecular complexity index is 951. The maximum atomic E-state index is 12.7. The van der Waals surface area contributed by atoms with Gasteiger partial charge in [0.1, 0.15) is 18.0 Å². The minimum Gasteiger partial charge on any atom is -0.363 e. The van der Waals surface area contributed by atoms with Crippen molar-refractivity contribution in [2.24, 2.45) is 0 Å². The Morgan fingerprint density at radius 2 is 2.11 bits per heavy atom. The molecule has 27 heavy (non-hydrogen) atoms. The van der Waals surface area contributed by atoms with E-state index in [4.69, 9.17) is 4.74 Å². The van der Waals surface area contributed by atoms with Crippen LogP contribution < -0.4 is 0 Å². The van der Waals surface area contributed by atoms with Crippen molar-refractivity contribution in [2.45, 2.75) is 31.6 Å². The van der Waals surface area contributed by atoms with E-state index in [2.05, 4.69) is 26.4 Å². The van der Waals surface area contributed by atoms with E-state index >= 15 is 0 Å². The monoisotopic (exact) mass is 379 g/mol. The molecule has 6 heteroatoms. The lowest BCUT2D eigenvalue weighted by molar-refractivity contribution is -0.132. The van der Waals surface area contributed by atoms with Crippen LogP contribution in [0, 0.1) is 0 Å². The van der Waals surface area contributed by atoms with Crippen LogP contribution in [-0.2, 0) is 29.1 Å². The highest BCUT2D eigenvalue weighted by atomic mass is 32.1. The van der Waals surface area contributed by atoms with Gasteiger partial charge in [0.05, 0.1) is 31.4 Å². The minimum absolute atomic E-state index is 0.177. The first-order valence-corrected chi connectivity index (χ1v) is 10.2. The number of benzene rings is 1. The van der Waals surface area contributed by atoms with Gasteiger partial charge in [0.2, 0.25) is 5.91 Å². The number of amides is 1. The minimum atomic E-state index is -0.301. The number of thiophene rings is 1. The van der Waals surface area contributed by atoms with E-state index in [0.29, 0.717) is 19.6 Å². The molecule has 1 fully saturated rings. The van der Waals surface area contributed by atoms with Crippen LogP contribution in [0.3, 0.4) is 0 Å². The van der Waals surface area contributed by atoms with E-state index in [-0.39, 0.29) is 11.5 Å². The van der Waals surface area contributed by atoms with Crippen molar-refractivity contribution < 1.29 is 9.53 Å². The predicted octanol–water partition coefficient (Wildman–Crippen LogP) is 3.36. The fraction of sp³-hybridized carbons (Fsp3) is 0.333. The number of ether oxygens (including phenoxy) is 1. The van der Waals surface area contributed by atoms with Gasteiger partial charge in [-0.15, -0.1) is 0 Å². The van der Waals surface area contributed by atoms with Crippen molar-refractivity contribution in [3.05, 3.63) is 64.7 Å². The van der Waals surface area contributed by atoms with E-state index in [1.165, 1.54) is 5.56 Å². The molecule has 5 rings (SSSR count). The van der Waals surface area contributed by atoms with E-state index < -0.39 is 0 Å². The molecule has 3 aromatic rings. The van der Waals surface area contributed by atoms with Crippen LogP contribution in [0.1, 0.15) is 17.8 Å². The second kappa shape index (κ2) is 6.62. The molecule has 2 aromatic heterocycles. The van der Waals surface area contributed by atoms with Gasteiger partial charge in [-0.1, -0.05) is 30.3 Å². The summed E-state index contributed by atoms with van der Waals surface area (Å²) in [4.78, 5) is 19.2. The van der Waals surface area contributed by atoms with E-state index in [1.54, 1.807) is 11.3 Å². The van der Waals surface area contributed by atoms with Crippen LogP contribution >= 0.6 is 11.3 Å². The summed E-state index contributed by atoms with van der Waals surface area (Å²) in [7, 11) is 0. The molecular formula is C21H21N3O2S. The number of rotatable bonds is 3. The number of aromatic nitrogens is 2. The molecule has 1 aromatic carbocycles. The molecular weight excluding hydrogens is 358 g/mol. The van der Waals surface area contributed by atoms with Gasteiger partial charge in [-0.2, -0.15) is 11.3 Å². The number of carbonyl (C=O) groups excluding carboxylic acids is 1. The first-order chi connectivity index (χ1) is 13.2. The number of likely N-dealkylation sites (tertiary alicyclic amines) is 1. The number of nitrogens with zero attached hydrogens (tertiary/aromatic N) is 3. The highest BCUT2D eigenvalue weighted by molar-refractivity contribution is 7.08. The Morgan fingerprint density at radius 3 is 2.93 bits per heavy atom. The van der Waals surface area contributed by atoms with Gasteiger partial charge in [-0.05, 0) is 23.4 Å². The molecule has 1 atom stereocenters. The van der Waals surface area contributed by atoms with Crippen molar-refractivity contribution in [1.82, 2.24) is 14.5 Å². The lowest BCUT2D eigenvalue weighted by atomic mass is 10.0. The topological polar surface area (TPSA) is 47.4 Å². The van der Waals surface area contributed by atoms with Gasteiger partial charge < -0.3 is 14.2 Å². The van der Waals surface area contributed by atoms with Crippen molar-refractivity contribution in [2.75, 3.05) is 13.1 Å². The Kier molecular flexibility index (Phi) is 4.10. The molecule has 1 spiro atoms. The van der Waals surface area contributed by atoms with Gasteiger partial charge >= 0.3 is 0 Å². The summed E-state index contributed by atoms with van der Waals surface area (Å²) in [5.41, 5.74) is 3.10. The summed E-state index contributed by atoms with van der Waals surface area (Å²) in [6.07, 6.45) is 3.26. The van der Waals surface area contributed by atoms with Crippen LogP contribution in [-0.4, -0.2) is 39.0 Å². The Labute approximate surface area is 162 Å².